The van der Waals surface area contributed by atoms with Gasteiger partial charge in [0.2, 0.25) is 11.8 Å². The van der Waals surface area contributed by atoms with Crippen LogP contribution in [-0.2, 0) is 9.59 Å². The van der Waals surface area contributed by atoms with Gasteiger partial charge in [0.15, 0.2) is 0 Å². The molecule has 0 unspecified atom stereocenters. The summed E-state index contributed by atoms with van der Waals surface area (Å²) in [4.78, 5) is 24.9. The average Bonchev–Trinajstić information content (AvgIpc) is 2.56. The highest BCUT2D eigenvalue weighted by Crippen LogP contribution is 2.18. The van der Waals surface area contributed by atoms with E-state index >= 15 is 0 Å². The first-order valence-electron chi connectivity index (χ1n) is 7.83. The molecule has 2 N–H and O–H groups in total. The highest BCUT2D eigenvalue weighted by molar-refractivity contribution is 5.95. The molecular formula is C19H23N3O2. The number of carbonyl (C=O) groups is 2. The van der Waals surface area contributed by atoms with E-state index in [2.05, 4.69) is 10.6 Å². The van der Waals surface area contributed by atoms with Crippen LogP contribution in [0.5, 0.6) is 0 Å². The number of benzene rings is 2. The SMILES string of the molecule is CC(=O)N(C)c1ccc(NC(=O)CNc2cccc(C)c2C)cc1. The summed E-state index contributed by atoms with van der Waals surface area (Å²) in [5.41, 5.74) is 4.77. The number of rotatable bonds is 5. The fourth-order valence-electron chi connectivity index (χ4n) is 2.27. The van der Waals surface area contributed by atoms with Crippen LogP contribution in [0.3, 0.4) is 0 Å². The molecule has 0 fully saturated rings. The summed E-state index contributed by atoms with van der Waals surface area (Å²) >= 11 is 0. The minimum atomic E-state index is -0.122. The van der Waals surface area contributed by atoms with E-state index in [0.29, 0.717) is 5.69 Å². The second kappa shape index (κ2) is 7.64. The minimum Gasteiger partial charge on any atom is -0.376 e. The van der Waals surface area contributed by atoms with Crippen molar-refractivity contribution in [2.75, 3.05) is 29.1 Å². The molecule has 5 heteroatoms. The van der Waals surface area contributed by atoms with Crippen molar-refractivity contribution in [3.05, 3.63) is 53.6 Å². The molecule has 24 heavy (non-hydrogen) atoms. The Bertz CT molecular complexity index is 739. The molecule has 0 saturated carbocycles. The first kappa shape index (κ1) is 17.5. The lowest BCUT2D eigenvalue weighted by Crippen LogP contribution is -2.23. The summed E-state index contributed by atoms with van der Waals surface area (Å²) in [5.74, 6) is -0.159. The van der Waals surface area contributed by atoms with Crippen LogP contribution in [0.25, 0.3) is 0 Å². The average molecular weight is 325 g/mol. The van der Waals surface area contributed by atoms with Crippen molar-refractivity contribution in [2.45, 2.75) is 20.8 Å². The second-order valence-electron chi connectivity index (χ2n) is 5.77. The molecule has 0 bridgehead atoms. The Hall–Kier alpha value is -2.82. The Balaban J connectivity index is 1.93. The monoisotopic (exact) mass is 325 g/mol. The summed E-state index contributed by atoms with van der Waals surface area (Å²) in [5, 5.41) is 5.99. The van der Waals surface area contributed by atoms with Crippen molar-refractivity contribution in [3.8, 4) is 0 Å². The van der Waals surface area contributed by atoms with Gasteiger partial charge >= 0.3 is 0 Å². The van der Waals surface area contributed by atoms with E-state index in [4.69, 9.17) is 0 Å². The summed E-state index contributed by atoms with van der Waals surface area (Å²) < 4.78 is 0. The number of anilines is 3. The van der Waals surface area contributed by atoms with Gasteiger partial charge in [-0.1, -0.05) is 12.1 Å². The normalized spacial score (nSPS) is 10.2. The number of carbonyl (C=O) groups excluding carboxylic acids is 2. The zero-order valence-corrected chi connectivity index (χ0v) is 14.5. The second-order valence-corrected chi connectivity index (χ2v) is 5.77. The topological polar surface area (TPSA) is 61.4 Å². The van der Waals surface area contributed by atoms with Crippen molar-refractivity contribution in [2.24, 2.45) is 0 Å². The van der Waals surface area contributed by atoms with Gasteiger partial charge in [0.05, 0.1) is 6.54 Å². The van der Waals surface area contributed by atoms with E-state index in [9.17, 15) is 9.59 Å². The number of nitrogens with one attached hydrogen (secondary N) is 2. The summed E-state index contributed by atoms with van der Waals surface area (Å²) in [6, 6.07) is 13.1. The fourth-order valence-corrected chi connectivity index (χ4v) is 2.27. The first-order chi connectivity index (χ1) is 11.4. The van der Waals surface area contributed by atoms with Gasteiger partial charge in [0.1, 0.15) is 0 Å². The highest BCUT2D eigenvalue weighted by Gasteiger charge is 2.07. The molecule has 0 spiro atoms. The van der Waals surface area contributed by atoms with Crippen LogP contribution < -0.4 is 15.5 Å². The fraction of sp³-hybridized carbons (Fsp3) is 0.263. The zero-order valence-electron chi connectivity index (χ0n) is 14.5. The van der Waals surface area contributed by atoms with Gasteiger partial charge in [-0.05, 0) is 55.3 Å². The van der Waals surface area contributed by atoms with E-state index in [1.54, 1.807) is 36.2 Å². The lowest BCUT2D eigenvalue weighted by Gasteiger charge is -2.15. The molecule has 0 saturated heterocycles. The van der Waals surface area contributed by atoms with Crippen LogP contribution >= 0.6 is 0 Å². The molecule has 0 radical (unpaired) electrons. The van der Waals surface area contributed by atoms with Gasteiger partial charge in [0.25, 0.3) is 0 Å². The van der Waals surface area contributed by atoms with Crippen LogP contribution in [0, 0.1) is 13.8 Å². The molecule has 5 nitrogen and oxygen atoms in total. The van der Waals surface area contributed by atoms with E-state index in [0.717, 1.165) is 16.9 Å². The predicted octanol–water partition coefficient (Wildman–Crippen LogP) is 3.34. The maximum atomic E-state index is 12.1. The summed E-state index contributed by atoms with van der Waals surface area (Å²) in [6.45, 7) is 5.77. The van der Waals surface area contributed by atoms with E-state index in [1.165, 1.54) is 12.5 Å². The molecule has 0 aliphatic carbocycles. The Labute approximate surface area is 142 Å². The van der Waals surface area contributed by atoms with Crippen LogP contribution in [0.4, 0.5) is 17.1 Å². The van der Waals surface area contributed by atoms with Crippen molar-refractivity contribution in [1.82, 2.24) is 0 Å². The standard InChI is InChI=1S/C19H23N3O2/c1-13-6-5-7-18(14(13)2)20-12-19(24)21-16-8-10-17(11-9-16)22(4)15(3)23/h5-11,20H,12H2,1-4H3,(H,21,24). The molecule has 0 aliphatic rings. The number of amides is 2. The predicted molar refractivity (Wildman–Crippen MR) is 98.6 cm³/mol. The molecule has 2 amide bonds. The Kier molecular flexibility index (Phi) is 5.58. The van der Waals surface area contributed by atoms with E-state index < -0.39 is 0 Å². The van der Waals surface area contributed by atoms with Crippen molar-refractivity contribution in [1.29, 1.82) is 0 Å². The largest absolute Gasteiger partial charge is 0.376 e. The van der Waals surface area contributed by atoms with Crippen molar-refractivity contribution < 1.29 is 9.59 Å². The number of hydrogen-bond donors (Lipinski definition) is 2. The van der Waals surface area contributed by atoms with E-state index in [-0.39, 0.29) is 18.4 Å². The maximum Gasteiger partial charge on any atom is 0.243 e. The van der Waals surface area contributed by atoms with Gasteiger partial charge in [-0.2, -0.15) is 0 Å². The third-order valence-electron chi connectivity index (χ3n) is 4.05. The van der Waals surface area contributed by atoms with Gasteiger partial charge in [-0.15, -0.1) is 0 Å². The third kappa shape index (κ3) is 4.35. The molecule has 2 aromatic carbocycles. The number of hydrogen-bond acceptors (Lipinski definition) is 3. The number of aryl methyl sites for hydroxylation is 1. The molecule has 0 aliphatic heterocycles. The highest BCUT2D eigenvalue weighted by atomic mass is 16.2. The molecule has 2 rings (SSSR count). The third-order valence-corrected chi connectivity index (χ3v) is 4.05. The lowest BCUT2D eigenvalue weighted by atomic mass is 10.1. The Morgan fingerprint density at radius 1 is 1.04 bits per heavy atom. The molecule has 2 aromatic rings. The van der Waals surface area contributed by atoms with Crippen LogP contribution in [-0.4, -0.2) is 25.4 Å². The van der Waals surface area contributed by atoms with E-state index in [1.807, 2.05) is 32.0 Å². The Morgan fingerprint density at radius 3 is 2.33 bits per heavy atom. The molecule has 126 valence electrons. The molecular weight excluding hydrogens is 302 g/mol. The summed E-state index contributed by atoms with van der Waals surface area (Å²) in [6.07, 6.45) is 0. The van der Waals surface area contributed by atoms with Crippen LogP contribution in [0.2, 0.25) is 0 Å². The minimum absolute atomic E-state index is 0.0375. The van der Waals surface area contributed by atoms with Crippen LogP contribution in [0.1, 0.15) is 18.1 Å². The van der Waals surface area contributed by atoms with Crippen molar-refractivity contribution >= 4 is 28.9 Å². The van der Waals surface area contributed by atoms with Gasteiger partial charge in [0, 0.05) is 31.0 Å². The summed E-state index contributed by atoms with van der Waals surface area (Å²) in [7, 11) is 1.71. The first-order valence-corrected chi connectivity index (χ1v) is 7.83. The zero-order chi connectivity index (χ0) is 17.7. The van der Waals surface area contributed by atoms with Gasteiger partial charge in [-0.3, -0.25) is 9.59 Å². The molecule has 0 aromatic heterocycles. The van der Waals surface area contributed by atoms with Crippen LogP contribution in [0.15, 0.2) is 42.5 Å². The maximum absolute atomic E-state index is 12.1. The number of nitrogens with zero attached hydrogens (tertiary/aromatic N) is 1. The van der Waals surface area contributed by atoms with Gasteiger partial charge in [-0.25, -0.2) is 0 Å². The lowest BCUT2D eigenvalue weighted by molar-refractivity contribution is -0.116. The smallest absolute Gasteiger partial charge is 0.243 e. The Morgan fingerprint density at radius 2 is 1.71 bits per heavy atom. The van der Waals surface area contributed by atoms with Crippen molar-refractivity contribution in [3.63, 3.8) is 0 Å². The quantitative estimate of drug-likeness (QED) is 0.886. The molecule has 0 heterocycles. The molecule has 0 atom stereocenters. The van der Waals surface area contributed by atoms with Gasteiger partial charge < -0.3 is 15.5 Å².